The van der Waals surface area contributed by atoms with E-state index in [1.807, 2.05) is 19.1 Å². The molecule has 1 aromatic heterocycles. The lowest BCUT2D eigenvalue weighted by Gasteiger charge is -2.19. The largest absolute Gasteiger partial charge is 0.488 e. The molecule has 0 aliphatic heterocycles. The van der Waals surface area contributed by atoms with E-state index in [1.165, 1.54) is 18.5 Å². The molecular weight excluding hydrogens is 415 g/mol. The summed E-state index contributed by atoms with van der Waals surface area (Å²) in [5.74, 6) is 4.98. The van der Waals surface area contributed by atoms with Gasteiger partial charge in [0.15, 0.2) is 0 Å². The first kappa shape index (κ1) is 21.4. The van der Waals surface area contributed by atoms with E-state index in [0.29, 0.717) is 34.4 Å². The Morgan fingerprint density at radius 1 is 1.23 bits per heavy atom. The van der Waals surface area contributed by atoms with Gasteiger partial charge in [-0.15, -0.1) is 0 Å². The fourth-order valence-corrected chi connectivity index (χ4v) is 4.68. The molecule has 0 spiro atoms. The first-order valence-electron chi connectivity index (χ1n) is 10.3. The zero-order valence-corrected chi connectivity index (χ0v) is 18.8. The lowest BCUT2D eigenvalue weighted by atomic mass is 10.1. The van der Waals surface area contributed by atoms with Crippen molar-refractivity contribution in [2.45, 2.75) is 39.2 Å². The molecule has 8 heteroatoms. The highest BCUT2D eigenvalue weighted by molar-refractivity contribution is 8.00. The number of nitrogens with zero attached hydrogens (tertiary/aromatic N) is 2. The number of benzene rings is 2. The van der Waals surface area contributed by atoms with Crippen molar-refractivity contribution in [1.82, 2.24) is 9.97 Å². The van der Waals surface area contributed by atoms with Crippen molar-refractivity contribution in [2.75, 3.05) is 16.3 Å². The van der Waals surface area contributed by atoms with Crippen LogP contribution in [0.15, 0.2) is 36.7 Å². The Kier molecular flexibility index (Phi) is 5.75. The minimum Gasteiger partial charge on any atom is -0.488 e. The van der Waals surface area contributed by atoms with E-state index >= 15 is 0 Å². The first-order valence-corrected chi connectivity index (χ1v) is 12.4. The van der Waals surface area contributed by atoms with Gasteiger partial charge in [-0.2, -0.15) is 0 Å². The highest BCUT2D eigenvalue weighted by Gasteiger charge is 2.24. The summed E-state index contributed by atoms with van der Waals surface area (Å²) in [5.41, 5.74) is 2.92. The number of halogens is 1. The Morgan fingerprint density at radius 3 is 2.74 bits per heavy atom. The third-order valence-corrected chi connectivity index (χ3v) is 6.07. The van der Waals surface area contributed by atoms with Crippen LogP contribution in [0.2, 0.25) is 0 Å². The van der Waals surface area contributed by atoms with Crippen molar-refractivity contribution in [2.24, 2.45) is 5.92 Å². The molecule has 1 aliphatic rings. The molecule has 1 saturated carbocycles. The molecule has 0 radical (unpaired) electrons. The smallest absolute Gasteiger partial charge is 0.146 e. The summed E-state index contributed by atoms with van der Waals surface area (Å²) in [5, 5.41) is 4.13. The summed E-state index contributed by atoms with van der Waals surface area (Å²) in [6, 6.07) is 8.17. The molecule has 31 heavy (non-hydrogen) atoms. The molecule has 4 rings (SSSR count). The average Bonchev–Trinajstić information content (AvgIpc) is 3.07. The van der Waals surface area contributed by atoms with E-state index in [2.05, 4.69) is 32.8 Å². The molecule has 2 aromatic carbocycles. The first-order chi connectivity index (χ1) is 14.7. The number of nitrogens with one attached hydrogen (secondary N) is 2. The molecule has 0 saturated heterocycles. The van der Waals surface area contributed by atoms with Crippen LogP contribution in [0.1, 0.15) is 31.7 Å². The van der Waals surface area contributed by atoms with Gasteiger partial charge < -0.3 is 14.8 Å². The topological polar surface area (TPSA) is 76.1 Å². The quantitative estimate of drug-likeness (QED) is 0.522. The van der Waals surface area contributed by atoms with Crippen molar-refractivity contribution in [3.05, 3.63) is 48.0 Å². The van der Waals surface area contributed by atoms with Crippen LogP contribution in [0.25, 0.3) is 10.9 Å². The summed E-state index contributed by atoms with van der Waals surface area (Å²) < 4.78 is 35.1. The van der Waals surface area contributed by atoms with Crippen LogP contribution in [-0.4, -0.2) is 32.4 Å². The molecule has 1 fully saturated rings. The van der Waals surface area contributed by atoms with Gasteiger partial charge in [0.1, 0.15) is 23.7 Å². The normalized spacial score (nSPS) is 20.4. The van der Waals surface area contributed by atoms with Gasteiger partial charge in [-0.3, -0.25) is 0 Å². The molecule has 0 bridgehead atoms. The number of anilines is 3. The Hall–Kier alpha value is -2.87. The number of aryl methyl sites for hydroxylation is 1. The zero-order chi connectivity index (χ0) is 22.2. The predicted octanol–water partition coefficient (Wildman–Crippen LogP) is 5.06. The number of ether oxygens (including phenoxy) is 1. The minimum absolute atomic E-state index is 0.0846. The highest BCUT2D eigenvalue weighted by atomic mass is 32.2. The molecule has 2 N–H and O–H groups in total. The van der Waals surface area contributed by atoms with E-state index in [9.17, 15) is 8.60 Å². The van der Waals surface area contributed by atoms with Crippen molar-refractivity contribution in [1.29, 1.82) is 0 Å². The maximum Gasteiger partial charge on any atom is 0.146 e. The summed E-state index contributed by atoms with van der Waals surface area (Å²) in [4.78, 5) is 8.78. The second-order valence-corrected chi connectivity index (χ2v) is 10.7. The van der Waals surface area contributed by atoms with Gasteiger partial charge in [0.05, 0.1) is 17.3 Å². The molecule has 0 amide bonds. The van der Waals surface area contributed by atoms with E-state index in [1.54, 1.807) is 12.3 Å². The molecule has 164 valence electrons. The summed E-state index contributed by atoms with van der Waals surface area (Å²) >= 11 is 0. The van der Waals surface area contributed by atoms with E-state index < -0.39 is 9.71 Å². The molecule has 1 aliphatic carbocycles. The molecule has 6 nitrogen and oxygen atoms in total. The zero-order valence-electron chi connectivity index (χ0n) is 17.9. The molecule has 3 atom stereocenters. The van der Waals surface area contributed by atoms with Crippen LogP contribution >= 0.6 is 0 Å². The number of rotatable bonds is 6. The molecular formula is C23H27FN4O2S. The summed E-state index contributed by atoms with van der Waals surface area (Å²) in [7, 11) is -2.41. The Balaban J connectivity index is 1.69. The van der Waals surface area contributed by atoms with Gasteiger partial charge in [-0.1, -0.05) is 6.92 Å². The van der Waals surface area contributed by atoms with Gasteiger partial charge in [0, 0.05) is 33.1 Å². The van der Waals surface area contributed by atoms with Crippen LogP contribution in [0.3, 0.4) is 0 Å². The molecule has 3 unspecified atom stereocenters. The monoisotopic (exact) mass is 442 g/mol. The van der Waals surface area contributed by atoms with Crippen LogP contribution < -0.4 is 14.8 Å². The second-order valence-electron chi connectivity index (χ2n) is 8.44. The third-order valence-electron chi connectivity index (χ3n) is 5.41. The lowest BCUT2D eigenvalue weighted by molar-refractivity contribution is 0.206. The van der Waals surface area contributed by atoms with Crippen molar-refractivity contribution >= 4 is 43.7 Å². The van der Waals surface area contributed by atoms with Gasteiger partial charge in [-0.25, -0.2) is 18.6 Å². The van der Waals surface area contributed by atoms with Crippen molar-refractivity contribution in [3.63, 3.8) is 0 Å². The number of aromatic nitrogens is 2. The van der Waals surface area contributed by atoms with Crippen LogP contribution in [0.5, 0.6) is 5.75 Å². The average molecular weight is 443 g/mol. The molecule has 1 heterocycles. The van der Waals surface area contributed by atoms with Crippen LogP contribution in [-0.2, 0) is 9.71 Å². The fourth-order valence-electron chi connectivity index (χ4n) is 4.06. The SMILES string of the molecule is C=S(C)(=O)Nc1cc(C)c2c(Nc3ccc(F)cc3OC3CCC(C)C3)ncnc2c1. The Bertz CT molecular complexity index is 1230. The minimum atomic E-state index is -2.41. The summed E-state index contributed by atoms with van der Waals surface area (Å²) in [6.45, 7) is 4.14. The number of fused-ring (bicyclic) bond motifs is 1. The van der Waals surface area contributed by atoms with Gasteiger partial charge in [-0.05, 0) is 67.8 Å². The summed E-state index contributed by atoms with van der Waals surface area (Å²) in [6.07, 6.45) is 6.14. The van der Waals surface area contributed by atoms with Crippen molar-refractivity contribution in [3.8, 4) is 5.75 Å². The predicted molar refractivity (Wildman–Crippen MR) is 126 cm³/mol. The van der Waals surface area contributed by atoms with Gasteiger partial charge in [0.25, 0.3) is 0 Å². The van der Waals surface area contributed by atoms with Crippen LogP contribution in [0, 0.1) is 18.7 Å². The van der Waals surface area contributed by atoms with Gasteiger partial charge >= 0.3 is 0 Å². The fraction of sp³-hybridized carbons (Fsp3) is 0.348. The highest BCUT2D eigenvalue weighted by Crippen LogP contribution is 2.36. The standard InChI is InChI=1S/C23H27FN4O2S/c1-14-5-7-18(9-14)30-21-11-16(24)6-8-19(21)27-23-22-15(2)10-17(28-31(3,4)29)12-20(22)25-13-26-23/h6,8,10-14,18H,3,5,7,9H2,1-2,4H3,(H,28,29)(H,25,26,27). The van der Waals surface area contributed by atoms with E-state index in [0.717, 1.165) is 30.2 Å². The van der Waals surface area contributed by atoms with E-state index in [-0.39, 0.29) is 11.9 Å². The van der Waals surface area contributed by atoms with E-state index in [4.69, 9.17) is 4.74 Å². The number of hydrogen-bond acceptors (Lipinski definition) is 5. The maximum absolute atomic E-state index is 14.0. The number of hydrogen-bond donors (Lipinski definition) is 2. The van der Waals surface area contributed by atoms with Crippen LogP contribution in [0.4, 0.5) is 21.6 Å². The third kappa shape index (κ3) is 5.07. The lowest BCUT2D eigenvalue weighted by Crippen LogP contribution is -2.13. The Morgan fingerprint density at radius 2 is 2.03 bits per heavy atom. The van der Waals surface area contributed by atoms with Gasteiger partial charge in [0.2, 0.25) is 0 Å². The Labute approximate surface area is 182 Å². The maximum atomic E-state index is 14.0. The molecule has 3 aromatic rings. The second kappa shape index (κ2) is 8.34. The van der Waals surface area contributed by atoms with Crippen molar-refractivity contribution < 1.29 is 13.3 Å².